The van der Waals surface area contributed by atoms with Crippen LogP contribution in [0.5, 0.6) is 0 Å². The van der Waals surface area contributed by atoms with Gasteiger partial charge in [0.05, 0.1) is 37.6 Å². The summed E-state index contributed by atoms with van der Waals surface area (Å²) in [5.41, 5.74) is -4.25. The van der Waals surface area contributed by atoms with Crippen molar-refractivity contribution in [2.75, 3.05) is 27.9 Å². The fraction of sp³-hybridized carbons (Fsp3) is 1.00. The predicted molar refractivity (Wildman–Crippen MR) is 104 cm³/mol. The second-order valence-electron chi connectivity index (χ2n) is 11.3. The van der Waals surface area contributed by atoms with Crippen LogP contribution in [0, 0.1) is 34.5 Å². The maximum atomic E-state index is 12.6. The second kappa shape index (κ2) is 5.78. The average Bonchev–Trinajstić information content (AvgIpc) is 3.09. The first kappa shape index (κ1) is 20.3. The van der Waals surface area contributed by atoms with E-state index in [4.69, 9.17) is 14.3 Å². The van der Waals surface area contributed by atoms with Crippen molar-refractivity contribution in [3.8, 4) is 0 Å². The minimum absolute atomic E-state index is 0.110. The third-order valence-electron chi connectivity index (χ3n) is 10.7. The minimum atomic E-state index is -1.69. The number of aliphatic hydroxyl groups excluding tert-OH is 2. The zero-order valence-corrected chi connectivity index (χ0v) is 18.2. The third-order valence-corrected chi connectivity index (χ3v) is 10.7. The molecule has 0 amide bonds. The molecule has 0 radical (unpaired) electrons. The molecule has 1 spiro atoms. The number of ether oxygens (including phenoxy) is 2. The smallest absolute Gasteiger partial charge is 0.138 e. The fourth-order valence-electron chi connectivity index (χ4n) is 10.1. The molecule has 30 heavy (non-hydrogen) atoms. The van der Waals surface area contributed by atoms with E-state index in [0.717, 1.165) is 6.42 Å². The van der Waals surface area contributed by atoms with Gasteiger partial charge < -0.3 is 34.7 Å². The standard InChI is InChI=1S/C22H35NO7/c1-19-6-5-13(24)21-11-7-10-12(28-2)8-20(26,14(11)15(10)25)22(27,17(29-3)16(19)21)18(21)23(9-19)30-4/h10-18,24-27H,5-9H2,1-4H3/t10-,11-,12?,13?,14-,15?,16-,17?,18+,19+,20-,21+,22-/m1/s1. The Balaban J connectivity index is 1.68. The molecule has 5 saturated carbocycles. The molecule has 1 heterocycles. The molecule has 8 heteroatoms. The Bertz CT molecular complexity index is 768. The molecule has 13 atom stereocenters. The van der Waals surface area contributed by atoms with E-state index in [1.165, 1.54) is 0 Å². The molecule has 6 fully saturated rings. The van der Waals surface area contributed by atoms with E-state index in [9.17, 15) is 20.4 Å². The van der Waals surface area contributed by atoms with Crippen LogP contribution >= 0.6 is 0 Å². The first-order valence-electron chi connectivity index (χ1n) is 11.3. The molecule has 7 bridgehead atoms. The van der Waals surface area contributed by atoms with Crippen molar-refractivity contribution in [3.05, 3.63) is 0 Å². The Hall–Kier alpha value is -0.320. The van der Waals surface area contributed by atoms with Crippen LogP contribution in [0.3, 0.4) is 0 Å². The van der Waals surface area contributed by atoms with Crippen molar-refractivity contribution >= 4 is 0 Å². The lowest BCUT2D eigenvalue weighted by molar-refractivity contribution is -0.359. The average molecular weight is 426 g/mol. The molecule has 1 aliphatic heterocycles. The molecule has 1 saturated heterocycles. The number of nitrogens with zero attached hydrogens (tertiary/aromatic N) is 1. The first-order chi connectivity index (χ1) is 14.2. The van der Waals surface area contributed by atoms with Crippen molar-refractivity contribution in [1.29, 1.82) is 0 Å². The Morgan fingerprint density at radius 1 is 1.07 bits per heavy atom. The predicted octanol–water partition coefficient (Wildman–Crippen LogP) is -0.468. The van der Waals surface area contributed by atoms with Gasteiger partial charge in [-0.2, -0.15) is 5.06 Å². The zero-order valence-electron chi connectivity index (χ0n) is 18.2. The van der Waals surface area contributed by atoms with E-state index in [2.05, 4.69) is 6.92 Å². The maximum absolute atomic E-state index is 12.6. The van der Waals surface area contributed by atoms with Crippen LogP contribution in [0.15, 0.2) is 0 Å². The quantitative estimate of drug-likeness (QED) is 0.480. The second-order valence-corrected chi connectivity index (χ2v) is 11.3. The number of methoxy groups -OCH3 is 2. The number of rotatable bonds is 3. The summed E-state index contributed by atoms with van der Waals surface area (Å²) in [5, 5.41) is 49.7. The van der Waals surface area contributed by atoms with E-state index < -0.39 is 46.9 Å². The van der Waals surface area contributed by atoms with E-state index in [-0.39, 0.29) is 35.7 Å². The van der Waals surface area contributed by atoms with Crippen LogP contribution in [0.2, 0.25) is 0 Å². The van der Waals surface area contributed by atoms with Crippen molar-refractivity contribution in [2.24, 2.45) is 34.5 Å². The fourth-order valence-corrected chi connectivity index (χ4v) is 10.1. The van der Waals surface area contributed by atoms with E-state index in [1.807, 2.05) is 5.06 Å². The topological polar surface area (TPSA) is 112 Å². The van der Waals surface area contributed by atoms with Gasteiger partial charge in [-0.15, -0.1) is 0 Å². The van der Waals surface area contributed by atoms with E-state index in [0.29, 0.717) is 19.4 Å². The van der Waals surface area contributed by atoms with Gasteiger partial charge in [-0.3, -0.25) is 0 Å². The van der Waals surface area contributed by atoms with E-state index in [1.54, 1.807) is 21.3 Å². The van der Waals surface area contributed by atoms with Crippen molar-refractivity contribution in [2.45, 2.75) is 74.3 Å². The minimum Gasteiger partial charge on any atom is -0.392 e. The van der Waals surface area contributed by atoms with Crippen LogP contribution in [0.25, 0.3) is 0 Å². The lowest BCUT2D eigenvalue weighted by Crippen LogP contribution is -2.81. The summed E-state index contributed by atoms with van der Waals surface area (Å²) < 4.78 is 11.8. The van der Waals surface area contributed by atoms with Gasteiger partial charge in [0.2, 0.25) is 0 Å². The number of hydrogen-bond donors (Lipinski definition) is 4. The molecule has 8 nitrogen and oxygen atoms in total. The van der Waals surface area contributed by atoms with Gasteiger partial charge in [-0.25, -0.2) is 0 Å². The first-order valence-corrected chi connectivity index (χ1v) is 11.3. The summed E-state index contributed by atoms with van der Waals surface area (Å²) in [6.07, 6.45) is -0.119. The Labute approximate surface area is 177 Å². The van der Waals surface area contributed by atoms with Crippen LogP contribution in [0.4, 0.5) is 0 Å². The van der Waals surface area contributed by atoms with Gasteiger partial charge in [-0.1, -0.05) is 6.92 Å². The largest absolute Gasteiger partial charge is 0.392 e. The van der Waals surface area contributed by atoms with Gasteiger partial charge in [0.1, 0.15) is 11.2 Å². The molecule has 0 aromatic heterocycles. The highest BCUT2D eigenvalue weighted by atomic mass is 16.7. The summed E-state index contributed by atoms with van der Waals surface area (Å²) in [5.74, 6) is -0.912. The van der Waals surface area contributed by atoms with Gasteiger partial charge in [-0.05, 0) is 30.6 Å². The lowest BCUT2D eigenvalue weighted by Gasteiger charge is -2.68. The Kier molecular flexibility index (Phi) is 3.91. The zero-order chi connectivity index (χ0) is 21.4. The molecular formula is C22H35NO7. The summed E-state index contributed by atoms with van der Waals surface area (Å²) in [6.45, 7) is 2.81. The molecule has 170 valence electrons. The lowest BCUT2D eigenvalue weighted by atomic mass is 9.43. The van der Waals surface area contributed by atoms with Crippen molar-refractivity contribution in [3.63, 3.8) is 0 Å². The highest BCUT2D eigenvalue weighted by molar-refractivity contribution is 5.40. The van der Waals surface area contributed by atoms with E-state index >= 15 is 0 Å². The summed E-state index contributed by atoms with van der Waals surface area (Å²) in [4.78, 5) is 5.84. The third kappa shape index (κ3) is 1.73. The van der Waals surface area contributed by atoms with Crippen molar-refractivity contribution in [1.82, 2.24) is 5.06 Å². The molecule has 5 aliphatic carbocycles. The number of hydrogen-bond acceptors (Lipinski definition) is 8. The van der Waals surface area contributed by atoms with Gasteiger partial charge in [0.25, 0.3) is 0 Å². The molecule has 6 rings (SSSR count). The number of piperidine rings is 1. The molecule has 0 aromatic rings. The summed E-state index contributed by atoms with van der Waals surface area (Å²) in [7, 11) is 4.79. The molecule has 4 N–H and O–H groups in total. The molecule has 6 aliphatic rings. The SMILES string of the molecule is COC1C[C@@]2(O)[C@H]3C(O)[C@@H]1C[C@H]3[C@@]13C(O)CC[C@@]4(C)CN(OC)[C@@H]1[C@]2(O)C(OC)[C@H]43. The van der Waals surface area contributed by atoms with Crippen LogP contribution in [-0.2, 0) is 14.3 Å². The van der Waals surface area contributed by atoms with Crippen molar-refractivity contribution < 1.29 is 34.7 Å². The highest BCUT2D eigenvalue weighted by Crippen LogP contribution is 2.80. The summed E-state index contributed by atoms with van der Waals surface area (Å²) >= 11 is 0. The molecule has 0 aromatic carbocycles. The van der Waals surface area contributed by atoms with Crippen LogP contribution < -0.4 is 0 Å². The van der Waals surface area contributed by atoms with Crippen LogP contribution in [0.1, 0.15) is 32.6 Å². The normalized spacial score (nSPS) is 65.8. The van der Waals surface area contributed by atoms with Gasteiger partial charge in [0.15, 0.2) is 0 Å². The highest BCUT2D eigenvalue weighted by Gasteiger charge is 2.91. The number of fused-ring (bicyclic) bond motifs is 2. The number of hydroxylamine groups is 2. The molecular weight excluding hydrogens is 390 g/mol. The van der Waals surface area contributed by atoms with Gasteiger partial charge >= 0.3 is 0 Å². The monoisotopic (exact) mass is 425 g/mol. The molecule has 4 unspecified atom stereocenters. The number of aliphatic hydroxyl groups is 4. The Morgan fingerprint density at radius 2 is 1.80 bits per heavy atom. The Morgan fingerprint density at radius 3 is 2.43 bits per heavy atom. The van der Waals surface area contributed by atoms with Crippen LogP contribution in [-0.4, -0.2) is 95.0 Å². The maximum Gasteiger partial charge on any atom is 0.138 e. The summed E-state index contributed by atoms with van der Waals surface area (Å²) in [6, 6.07) is -0.610. The van der Waals surface area contributed by atoms with Gasteiger partial charge in [0, 0.05) is 50.4 Å².